The Labute approximate surface area is 201 Å². The van der Waals surface area contributed by atoms with Crippen LogP contribution in [0, 0.1) is 5.92 Å². The summed E-state index contributed by atoms with van der Waals surface area (Å²) in [5.41, 5.74) is 0.0822. The van der Waals surface area contributed by atoms with Crippen molar-refractivity contribution in [3.63, 3.8) is 0 Å². The maximum atomic E-state index is 13.1. The number of nitrogens with zero attached hydrogens (tertiary/aromatic N) is 3. The molecule has 10 heteroatoms. The number of ketones is 1. The molecule has 0 saturated carbocycles. The van der Waals surface area contributed by atoms with Gasteiger partial charge >= 0.3 is 6.09 Å². The molecule has 0 atom stereocenters. The summed E-state index contributed by atoms with van der Waals surface area (Å²) >= 11 is 1.09. The molecule has 1 N–H and O–H groups in total. The molecule has 9 nitrogen and oxygen atoms in total. The molecule has 1 fully saturated rings. The third kappa shape index (κ3) is 5.51. The minimum atomic E-state index is -0.563. The number of hydrogen-bond acceptors (Lipinski definition) is 8. The van der Waals surface area contributed by atoms with Crippen LogP contribution < -0.4 is 5.32 Å². The highest BCUT2D eigenvalue weighted by atomic mass is 32.1. The van der Waals surface area contributed by atoms with Gasteiger partial charge in [0.05, 0.1) is 6.26 Å². The largest absolute Gasteiger partial charge is 0.463 e. The minimum Gasteiger partial charge on any atom is -0.463 e. The van der Waals surface area contributed by atoms with E-state index in [4.69, 9.17) is 9.15 Å². The molecule has 0 aromatic carbocycles. The van der Waals surface area contributed by atoms with Crippen molar-refractivity contribution in [3.8, 4) is 11.5 Å². The number of ether oxygens (including phenoxy) is 1. The Hall–Kier alpha value is -3.53. The van der Waals surface area contributed by atoms with E-state index in [0.29, 0.717) is 47.4 Å². The lowest BCUT2D eigenvalue weighted by molar-refractivity contribution is -0.121. The number of pyridine rings is 1. The quantitative estimate of drug-likeness (QED) is 0.528. The number of piperidine rings is 1. The lowest BCUT2D eigenvalue weighted by atomic mass is 9.96. The van der Waals surface area contributed by atoms with Crippen molar-refractivity contribution in [2.24, 2.45) is 5.92 Å². The Morgan fingerprint density at radius 2 is 1.91 bits per heavy atom. The summed E-state index contributed by atoms with van der Waals surface area (Å²) in [6, 6.07) is 8.52. The van der Waals surface area contributed by atoms with Crippen LogP contribution in [0.2, 0.25) is 0 Å². The highest BCUT2D eigenvalue weighted by Crippen LogP contribution is 2.33. The molecule has 0 unspecified atom stereocenters. The van der Waals surface area contributed by atoms with Gasteiger partial charge in [-0.05, 0) is 57.9 Å². The third-order valence-electron chi connectivity index (χ3n) is 5.23. The zero-order valence-electron chi connectivity index (χ0n) is 19.2. The van der Waals surface area contributed by atoms with Gasteiger partial charge in [0.25, 0.3) is 0 Å². The van der Waals surface area contributed by atoms with E-state index < -0.39 is 5.60 Å². The Bertz CT molecular complexity index is 1160. The van der Waals surface area contributed by atoms with Crippen molar-refractivity contribution in [3.05, 3.63) is 53.4 Å². The average molecular weight is 483 g/mol. The van der Waals surface area contributed by atoms with Gasteiger partial charge in [-0.15, -0.1) is 0 Å². The molecule has 1 aliphatic heterocycles. The number of anilines is 1. The first kappa shape index (κ1) is 23.6. The Kier molecular flexibility index (Phi) is 6.78. The highest BCUT2D eigenvalue weighted by Gasteiger charge is 2.31. The van der Waals surface area contributed by atoms with Crippen molar-refractivity contribution in [1.29, 1.82) is 0 Å². The second kappa shape index (κ2) is 9.76. The van der Waals surface area contributed by atoms with E-state index in [1.54, 1.807) is 41.4 Å². The molecule has 0 aliphatic carbocycles. The minimum absolute atomic E-state index is 0.194. The SMILES string of the molecule is CC(C)(C)OC(=O)N1CCC(C(=O)Nc2nc(-c3ccco3)c(C(=O)c3ccccn3)s2)CC1. The van der Waals surface area contributed by atoms with Gasteiger partial charge in [-0.1, -0.05) is 17.4 Å². The van der Waals surface area contributed by atoms with Crippen molar-refractivity contribution in [1.82, 2.24) is 14.9 Å². The number of nitrogens with one attached hydrogen (secondary N) is 1. The number of thiazole rings is 1. The van der Waals surface area contributed by atoms with E-state index in [1.807, 2.05) is 20.8 Å². The average Bonchev–Trinajstić information content (AvgIpc) is 3.48. The maximum absolute atomic E-state index is 13.1. The summed E-state index contributed by atoms with van der Waals surface area (Å²) in [5.74, 6) is -0.331. The van der Waals surface area contributed by atoms with Crippen LogP contribution in [0.25, 0.3) is 11.5 Å². The van der Waals surface area contributed by atoms with Crippen LogP contribution in [0.3, 0.4) is 0 Å². The molecule has 34 heavy (non-hydrogen) atoms. The lowest BCUT2D eigenvalue weighted by Gasteiger charge is -2.32. The number of carbonyl (C=O) groups is 3. The zero-order chi connectivity index (χ0) is 24.3. The summed E-state index contributed by atoms with van der Waals surface area (Å²) in [7, 11) is 0. The summed E-state index contributed by atoms with van der Waals surface area (Å²) < 4.78 is 10.9. The van der Waals surface area contributed by atoms with E-state index in [9.17, 15) is 14.4 Å². The predicted molar refractivity (Wildman–Crippen MR) is 127 cm³/mol. The summed E-state index contributed by atoms with van der Waals surface area (Å²) in [5, 5.41) is 3.15. The van der Waals surface area contributed by atoms with Gasteiger partial charge in [-0.2, -0.15) is 0 Å². The second-order valence-electron chi connectivity index (χ2n) is 8.95. The van der Waals surface area contributed by atoms with Gasteiger partial charge in [-0.25, -0.2) is 9.78 Å². The second-order valence-corrected chi connectivity index (χ2v) is 9.95. The van der Waals surface area contributed by atoms with Gasteiger partial charge in [0.1, 0.15) is 21.9 Å². The first-order valence-electron chi connectivity index (χ1n) is 11.0. The number of carbonyl (C=O) groups excluding carboxylic acids is 3. The van der Waals surface area contributed by atoms with Crippen LogP contribution in [-0.4, -0.2) is 51.3 Å². The molecule has 4 rings (SSSR count). The number of amides is 2. The van der Waals surface area contributed by atoms with E-state index in [1.165, 1.54) is 6.26 Å². The van der Waals surface area contributed by atoms with Crippen molar-refractivity contribution >= 4 is 34.3 Å². The molecule has 1 aliphatic rings. The van der Waals surface area contributed by atoms with Gasteiger partial charge in [0.15, 0.2) is 10.9 Å². The molecular weight excluding hydrogens is 456 g/mol. The molecule has 1 saturated heterocycles. The first-order valence-corrected chi connectivity index (χ1v) is 11.8. The normalized spacial score (nSPS) is 14.6. The van der Waals surface area contributed by atoms with Gasteiger partial charge < -0.3 is 19.4 Å². The van der Waals surface area contributed by atoms with Crippen LogP contribution in [0.15, 0.2) is 47.2 Å². The Morgan fingerprint density at radius 3 is 2.53 bits per heavy atom. The monoisotopic (exact) mass is 482 g/mol. The van der Waals surface area contributed by atoms with Crippen molar-refractivity contribution in [2.75, 3.05) is 18.4 Å². The molecule has 0 radical (unpaired) electrons. The predicted octanol–water partition coefficient (Wildman–Crippen LogP) is 4.61. The molecule has 3 aromatic rings. The molecule has 178 valence electrons. The summed E-state index contributed by atoms with van der Waals surface area (Å²) in [4.78, 5) is 48.8. The number of aromatic nitrogens is 2. The lowest BCUT2D eigenvalue weighted by Crippen LogP contribution is -2.43. The Morgan fingerprint density at radius 1 is 1.15 bits per heavy atom. The molecule has 3 aromatic heterocycles. The maximum Gasteiger partial charge on any atom is 0.410 e. The number of rotatable bonds is 5. The molecule has 0 bridgehead atoms. The van der Waals surface area contributed by atoms with Gasteiger partial charge in [0, 0.05) is 25.2 Å². The van der Waals surface area contributed by atoms with Crippen LogP contribution in [0.4, 0.5) is 9.93 Å². The summed E-state index contributed by atoms with van der Waals surface area (Å²) in [6.45, 7) is 6.34. The fraction of sp³-hybridized carbons (Fsp3) is 0.375. The Balaban J connectivity index is 1.45. The fourth-order valence-corrected chi connectivity index (χ4v) is 4.50. The van der Waals surface area contributed by atoms with Crippen LogP contribution in [0.5, 0.6) is 0 Å². The number of furan rings is 1. The van der Waals surface area contributed by atoms with E-state index in [0.717, 1.165) is 11.3 Å². The molecule has 0 spiro atoms. The topological polar surface area (TPSA) is 115 Å². The van der Waals surface area contributed by atoms with Crippen molar-refractivity contribution in [2.45, 2.75) is 39.2 Å². The zero-order valence-corrected chi connectivity index (χ0v) is 20.1. The van der Waals surface area contributed by atoms with Crippen molar-refractivity contribution < 1.29 is 23.5 Å². The summed E-state index contributed by atoms with van der Waals surface area (Å²) in [6.07, 6.45) is 3.71. The molecule has 4 heterocycles. The van der Waals surface area contributed by atoms with Gasteiger partial charge in [0.2, 0.25) is 11.7 Å². The van der Waals surface area contributed by atoms with Crippen LogP contribution in [0.1, 0.15) is 49.0 Å². The van der Waals surface area contributed by atoms with E-state index in [2.05, 4.69) is 15.3 Å². The van der Waals surface area contributed by atoms with E-state index in [-0.39, 0.29) is 29.4 Å². The number of likely N-dealkylation sites (tertiary alicyclic amines) is 1. The standard InChI is InChI=1S/C24H26N4O5S/c1-24(2,3)33-23(31)28-12-9-15(10-13-28)21(30)27-22-26-18(17-8-6-14-32-17)20(34-22)19(29)16-7-4-5-11-25-16/h4-8,11,14-15H,9-10,12-13H2,1-3H3,(H,26,27,30). The molecular formula is C24H26N4O5S. The highest BCUT2D eigenvalue weighted by molar-refractivity contribution is 7.18. The smallest absolute Gasteiger partial charge is 0.410 e. The molecule has 2 amide bonds. The van der Waals surface area contributed by atoms with Crippen LogP contribution in [-0.2, 0) is 9.53 Å². The fourth-order valence-electron chi connectivity index (χ4n) is 3.58. The van der Waals surface area contributed by atoms with E-state index >= 15 is 0 Å². The van der Waals surface area contributed by atoms with Crippen LogP contribution >= 0.6 is 11.3 Å². The third-order valence-corrected chi connectivity index (χ3v) is 6.20. The van der Waals surface area contributed by atoms with Gasteiger partial charge in [-0.3, -0.25) is 14.6 Å². The first-order chi connectivity index (χ1) is 16.2. The number of hydrogen-bond donors (Lipinski definition) is 1.